The number of aromatic nitrogens is 4. The van der Waals surface area contributed by atoms with Gasteiger partial charge in [-0.2, -0.15) is 0 Å². The molecule has 2 aliphatic heterocycles. The molecule has 4 aromatic rings. The van der Waals surface area contributed by atoms with Gasteiger partial charge in [0, 0.05) is 61.6 Å². The Kier molecular flexibility index (Phi) is 3.93. The zero-order chi connectivity index (χ0) is 21.1. The molecule has 0 radical (unpaired) electrons. The molecule has 0 unspecified atom stereocenters. The Balaban J connectivity index is 1.32. The molecule has 5 heterocycles. The monoisotopic (exact) mass is 413 g/mol. The van der Waals surface area contributed by atoms with E-state index in [4.69, 9.17) is 0 Å². The fourth-order valence-corrected chi connectivity index (χ4v) is 5.27. The van der Waals surface area contributed by atoms with Crippen molar-refractivity contribution in [2.24, 2.45) is 13.0 Å². The number of para-hydroxylation sites is 1. The van der Waals surface area contributed by atoms with Crippen molar-refractivity contribution in [2.45, 2.75) is 18.9 Å². The zero-order valence-electron chi connectivity index (χ0n) is 17.3. The van der Waals surface area contributed by atoms with E-state index in [0.29, 0.717) is 36.7 Å². The number of hydrogen-bond donors (Lipinski definition) is 1. The number of benzene rings is 1. The molecule has 6 rings (SSSR count). The molecule has 31 heavy (non-hydrogen) atoms. The van der Waals surface area contributed by atoms with Crippen LogP contribution in [0.5, 0.6) is 0 Å². The summed E-state index contributed by atoms with van der Waals surface area (Å²) >= 11 is 0. The number of amides is 1. The average molecular weight is 413 g/mol. The SMILES string of the molecule is Cn1ccnc1-c1ccc2n(c1=O)C[C@H]1C[C@@H]2CN(C(=O)c2cc3ccccc3[nH]2)C1. The maximum Gasteiger partial charge on any atom is 0.270 e. The molecule has 2 bridgehead atoms. The Morgan fingerprint density at radius 2 is 2.00 bits per heavy atom. The van der Waals surface area contributed by atoms with E-state index < -0.39 is 0 Å². The first-order valence-electron chi connectivity index (χ1n) is 10.7. The molecule has 1 aromatic carbocycles. The molecule has 0 saturated carbocycles. The van der Waals surface area contributed by atoms with Crippen molar-refractivity contribution < 1.29 is 4.79 Å². The van der Waals surface area contributed by atoms with E-state index in [0.717, 1.165) is 23.0 Å². The van der Waals surface area contributed by atoms with Crippen LogP contribution in [0.1, 0.15) is 28.5 Å². The van der Waals surface area contributed by atoms with Gasteiger partial charge in [0.2, 0.25) is 0 Å². The summed E-state index contributed by atoms with van der Waals surface area (Å²) in [6.45, 7) is 1.94. The van der Waals surface area contributed by atoms with E-state index in [1.807, 2.05) is 69.7 Å². The molecule has 1 N–H and O–H groups in total. The number of likely N-dealkylation sites (tertiary alicyclic amines) is 1. The second-order valence-corrected chi connectivity index (χ2v) is 8.73. The summed E-state index contributed by atoms with van der Waals surface area (Å²) in [6.07, 6.45) is 4.57. The second kappa shape index (κ2) is 6.70. The number of imidazole rings is 1. The lowest BCUT2D eigenvalue weighted by Crippen LogP contribution is -2.49. The standard InChI is InChI=1S/C24H23N5O2/c1-27-9-8-25-22(27)18-6-7-21-17-10-15(13-29(21)23(18)30)12-28(14-17)24(31)20-11-16-4-2-3-5-19(16)26-20/h2-9,11,15,17,26H,10,12-14H2,1H3/t15-,17+/m0/s1. The van der Waals surface area contributed by atoms with Gasteiger partial charge >= 0.3 is 0 Å². The molecular weight excluding hydrogens is 390 g/mol. The molecule has 2 aliphatic rings. The fraction of sp³-hybridized carbons (Fsp3) is 0.292. The van der Waals surface area contributed by atoms with Gasteiger partial charge in [-0.25, -0.2) is 4.98 Å². The van der Waals surface area contributed by atoms with E-state index in [2.05, 4.69) is 9.97 Å². The van der Waals surface area contributed by atoms with Crippen LogP contribution in [0, 0.1) is 5.92 Å². The Morgan fingerprint density at radius 3 is 2.81 bits per heavy atom. The van der Waals surface area contributed by atoms with E-state index in [1.165, 1.54) is 0 Å². The summed E-state index contributed by atoms with van der Waals surface area (Å²) in [6, 6.07) is 13.8. The Labute approximate surface area is 178 Å². The Bertz CT molecular complexity index is 1350. The third kappa shape index (κ3) is 2.84. The normalized spacial score (nSPS) is 20.1. The van der Waals surface area contributed by atoms with Crippen molar-refractivity contribution in [2.75, 3.05) is 13.1 Å². The number of carbonyl (C=O) groups is 1. The first-order chi connectivity index (χ1) is 15.1. The molecule has 7 heteroatoms. The van der Waals surface area contributed by atoms with Crippen LogP contribution in [0.2, 0.25) is 0 Å². The highest BCUT2D eigenvalue weighted by atomic mass is 16.2. The van der Waals surface area contributed by atoms with E-state index >= 15 is 0 Å². The van der Waals surface area contributed by atoms with Gasteiger partial charge in [-0.05, 0) is 36.6 Å². The molecule has 1 saturated heterocycles. The van der Waals surface area contributed by atoms with Gasteiger partial charge in [0.25, 0.3) is 11.5 Å². The topological polar surface area (TPSA) is 75.9 Å². The van der Waals surface area contributed by atoms with Crippen LogP contribution in [0.15, 0.2) is 59.7 Å². The number of pyridine rings is 1. The molecule has 2 atom stereocenters. The first kappa shape index (κ1) is 18.2. The molecule has 1 amide bonds. The average Bonchev–Trinajstić information content (AvgIpc) is 3.40. The van der Waals surface area contributed by atoms with E-state index in [1.54, 1.807) is 6.20 Å². The molecule has 0 spiro atoms. The van der Waals surface area contributed by atoms with Crippen molar-refractivity contribution >= 4 is 16.8 Å². The number of H-pyrrole nitrogens is 1. The van der Waals surface area contributed by atoms with Crippen LogP contribution in [0.3, 0.4) is 0 Å². The van der Waals surface area contributed by atoms with Gasteiger partial charge in [-0.15, -0.1) is 0 Å². The lowest BCUT2D eigenvalue weighted by molar-refractivity contribution is 0.0590. The van der Waals surface area contributed by atoms with Crippen molar-refractivity contribution in [1.82, 2.24) is 24.0 Å². The molecule has 7 nitrogen and oxygen atoms in total. The first-order valence-corrected chi connectivity index (χ1v) is 10.7. The van der Waals surface area contributed by atoms with Gasteiger partial charge < -0.3 is 19.0 Å². The lowest BCUT2D eigenvalue weighted by atomic mass is 9.83. The predicted molar refractivity (Wildman–Crippen MR) is 118 cm³/mol. The minimum atomic E-state index is 0.0110. The van der Waals surface area contributed by atoms with Crippen molar-refractivity contribution in [1.29, 1.82) is 0 Å². The zero-order valence-corrected chi connectivity index (χ0v) is 17.3. The Morgan fingerprint density at radius 1 is 1.13 bits per heavy atom. The van der Waals surface area contributed by atoms with E-state index in [-0.39, 0.29) is 23.3 Å². The minimum absolute atomic E-state index is 0.0110. The summed E-state index contributed by atoms with van der Waals surface area (Å²) in [5.74, 6) is 1.16. The van der Waals surface area contributed by atoms with Gasteiger partial charge in [-0.1, -0.05) is 18.2 Å². The third-order valence-electron chi connectivity index (χ3n) is 6.71. The lowest BCUT2D eigenvalue weighted by Gasteiger charge is -2.42. The highest BCUT2D eigenvalue weighted by molar-refractivity contribution is 5.98. The summed E-state index contributed by atoms with van der Waals surface area (Å²) in [4.78, 5) is 36.1. The largest absolute Gasteiger partial charge is 0.351 e. The van der Waals surface area contributed by atoms with Crippen LogP contribution in [0.25, 0.3) is 22.3 Å². The number of nitrogens with one attached hydrogen (secondary N) is 1. The highest BCUT2D eigenvalue weighted by Gasteiger charge is 2.37. The molecule has 0 aliphatic carbocycles. The van der Waals surface area contributed by atoms with Gasteiger partial charge in [0.15, 0.2) is 0 Å². The minimum Gasteiger partial charge on any atom is -0.351 e. The van der Waals surface area contributed by atoms with Crippen molar-refractivity contribution in [3.8, 4) is 11.4 Å². The number of nitrogens with zero attached hydrogens (tertiary/aromatic N) is 4. The number of rotatable bonds is 2. The number of fused-ring (bicyclic) bond motifs is 5. The maximum absolute atomic E-state index is 13.3. The summed E-state index contributed by atoms with van der Waals surface area (Å²) < 4.78 is 3.78. The van der Waals surface area contributed by atoms with Crippen LogP contribution in [-0.2, 0) is 13.6 Å². The van der Waals surface area contributed by atoms with Crippen LogP contribution < -0.4 is 5.56 Å². The van der Waals surface area contributed by atoms with Crippen molar-refractivity contribution in [3.63, 3.8) is 0 Å². The molecule has 1 fully saturated rings. The van der Waals surface area contributed by atoms with Crippen LogP contribution in [-0.4, -0.2) is 43.0 Å². The van der Waals surface area contributed by atoms with Gasteiger partial charge in [0.05, 0.1) is 5.56 Å². The summed E-state index contributed by atoms with van der Waals surface area (Å²) in [5.41, 5.74) is 3.26. The molecular formula is C24H23N5O2. The maximum atomic E-state index is 13.3. The number of aryl methyl sites for hydroxylation is 1. The third-order valence-corrected chi connectivity index (χ3v) is 6.71. The Hall–Kier alpha value is -3.61. The van der Waals surface area contributed by atoms with Gasteiger partial charge in [-0.3, -0.25) is 9.59 Å². The number of carbonyl (C=O) groups excluding carboxylic acids is 1. The quantitative estimate of drug-likeness (QED) is 0.549. The van der Waals surface area contributed by atoms with Crippen LogP contribution >= 0.6 is 0 Å². The number of piperidine rings is 1. The smallest absolute Gasteiger partial charge is 0.270 e. The van der Waals surface area contributed by atoms with Gasteiger partial charge in [0.1, 0.15) is 11.5 Å². The number of aromatic amines is 1. The van der Waals surface area contributed by atoms with E-state index in [9.17, 15) is 9.59 Å². The van der Waals surface area contributed by atoms with Crippen molar-refractivity contribution in [3.05, 3.63) is 76.6 Å². The molecule has 3 aromatic heterocycles. The second-order valence-electron chi connectivity index (χ2n) is 8.73. The fourth-order valence-electron chi connectivity index (χ4n) is 5.27. The summed E-state index contributed by atoms with van der Waals surface area (Å²) in [5, 5.41) is 1.04. The predicted octanol–water partition coefficient (Wildman–Crippen LogP) is 2.99. The van der Waals surface area contributed by atoms with Crippen LogP contribution in [0.4, 0.5) is 0 Å². The number of hydrogen-bond acceptors (Lipinski definition) is 3. The summed E-state index contributed by atoms with van der Waals surface area (Å²) in [7, 11) is 1.90. The molecule has 156 valence electrons. The highest BCUT2D eigenvalue weighted by Crippen LogP contribution is 2.36.